The lowest BCUT2D eigenvalue weighted by atomic mass is 9.89. The van der Waals surface area contributed by atoms with Crippen LogP contribution in [0.3, 0.4) is 0 Å². The third kappa shape index (κ3) is 15.5. The van der Waals surface area contributed by atoms with Crippen LogP contribution in [0.5, 0.6) is 0 Å². The van der Waals surface area contributed by atoms with Crippen LogP contribution in [0.2, 0.25) is 0 Å². The molecule has 0 aromatic carbocycles. The van der Waals surface area contributed by atoms with Crippen LogP contribution >= 0.6 is 0 Å². The Morgan fingerprint density at radius 2 is 1.43 bits per heavy atom. The normalized spacial score (nSPS) is 20.5. The molecule has 0 heterocycles. The van der Waals surface area contributed by atoms with E-state index in [0.29, 0.717) is 19.4 Å². The molecule has 0 unspecified atom stereocenters. The van der Waals surface area contributed by atoms with Crippen LogP contribution in [-0.2, 0) is 33.4 Å². The number of ether oxygens (including phenoxy) is 2. The number of carbonyl (C=O) groups is 5. The smallest absolute Gasteiger partial charge is 0.325 e. The quantitative estimate of drug-likeness (QED) is 0.0674. The van der Waals surface area contributed by atoms with Crippen LogP contribution in [0.4, 0.5) is 0 Å². The number of nitrogens with zero attached hydrogens (tertiary/aromatic N) is 2. The lowest BCUT2D eigenvalue weighted by Gasteiger charge is -2.40. The monoisotopic (exact) mass is 796 g/mol. The largest absolute Gasteiger partial charge is 0.480 e. The molecule has 9 atom stereocenters. The van der Waals surface area contributed by atoms with Gasteiger partial charge in [-0.05, 0) is 69.9 Å². The summed E-state index contributed by atoms with van der Waals surface area (Å²) in [6.07, 6.45) is 10.8. The van der Waals surface area contributed by atoms with Gasteiger partial charge in [0.2, 0.25) is 23.6 Å². The van der Waals surface area contributed by atoms with Gasteiger partial charge in [-0.2, -0.15) is 0 Å². The average Bonchev–Trinajstić information content (AvgIpc) is 3.87. The minimum atomic E-state index is -1.10. The van der Waals surface area contributed by atoms with Gasteiger partial charge in [0.05, 0.1) is 36.1 Å². The van der Waals surface area contributed by atoms with E-state index in [-0.39, 0.29) is 59.8 Å². The molecule has 56 heavy (non-hydrogen) atoms. The van der Waals surface area contributed by atoms with Crippen molar-refractivity contribution in [3.05, 3.63) is 0 Å². The number of hydrogen-bond donors (Lipinski definition) is 4. The molecule has 0 aromatic rings. The van der Waals surface area contributed by atoms with Crippen LogP contribution in [0, 0.1) is 29.6 Å². The van der Waals surface area contributed by atoms with E-state index in [1.54, 1.807) is 33.1 Å². The van der Waals surface area contributed by atoms with E-state index in [9.17, 15) is 24.0 Å². The summed E-state index contributed by atoms with van der Waals surface area (Å²) < 4.78 is 11.7. The molecule has 4 N–H and O–H groups in total. The predicted molar refractivity (Wildman–Crippen MR) is 222 cm³/mol. The van der Waals surface area contributed by atoms with E-state index in [1.807, 2.05) is 41.7 Å². The highest BCUT2D eigenvalue weighted by molar-refractivity contribution is 5.90. The van der Waals surface area contributed by atoms with Crippen molar-refractivity contribution < 1.29 is 38.6 Å². The van der Waals surface area contributed by atoms with Crippen molar-refractivity contribution in [3.8, 4) is 0 Å². The Kier molecular flexibility index (Phi) is 23.4. The van der Waals surface area contributed by atoms with Crippen molar-refractivity contribution in [2.45, 2.75) is 175 Å². The number of carboxylic acid groups (broad SMARTS) is 1. The van der Waals surface area contributed by atoms with Crippen molar-refractivity contribution in [3.63, 3.8) is 0 Å². The molecule has 0 saturated heterocycles. The number of carboxylic acids is 1. The first-order valence-electron chi connectivity index (χ1n) is 21.5. The van der Waals surface area contributed by atoms with Crippen LogP contribution in [0.1, 0.15) is 139 Å². The van der Waals surface area contributed by atoms with Gasteiger partial charge in [0.25, 0.3) is 0 Å². The van der Waals surface area contributed by atoms with Crippen LogP contribution < -0.4 is 16.0 Å². The Labute approximate surface area is 339 Å². The average molecular weight is 796 g/mol. The highest BCUT2D eigenvalue weighted by Gasteiger charge is 2.59. The van der Waals surface area contributed by atoms with Crippen LogP contribution in [-0.4, -0.2) is 122 Å². The van der Waals surface area contributed by atoms with Crippen molar-refractivity contribution >= 4 is 29.6 Å². The maximum Gasteiger partial charge on any atom is 0.325 e. The molecule has 0 spiro atoms. The fraction of sp³-hybridized carbons (Fsp3) is 0.884. The molecule has 1 saturated carbocycles. The number of amides is 4. The molecule has 1 rings (SSSR count). The van der Waals surface area contributed by atoms with Gasteiger partial charge < -0.3 is 35.4 Å². The third-order valence-corrected chi connectivity index (χ3v) is 12.2. The van der Waals surface area contributed by atoms with Crippen molar-refractivity contribution in [1.82, 2.24) is 25.8 Å². The summed E-state index contributed by atoms with van der Waals surface area (Å²) in [6, 6.07) is -2.50. The molecule has 0 bridgehead atoms. The second-order valence-electron chi connectivity index (χ2n) is 17.2. The lowest BCUT2D eigenvalue weighted by Crippen LogP contribution is -2.59. The van der Waals surface area contributed by atoms with E-state index in [0.717, 1.165) is 32.2 Å². The first-order valence-corrected chi connectivity index (χ1v) is 21.5. The Morgan fingerprint density at radius 3 is 1.95 bits per heavy atom. The molecule has 4 amide bonds. The highest BCUT2D eigenvalue weighted by Crippen LogP contribution is 2.54. The fourth-order valence-electron chi connectivity index (χ4n) is 8.25. The summed E-state index contributed by atoms with van der Waals surface area (Å²) in [6.45, 7) is 18.7. The minimum absolute atomic E-state index is 0.0106. The number of nitrogens with one attached hydrogen (secondary N) is 3. The second kappa shape index (κ2) is 25.6. The summed E-state index contributed by atoms with van der Waals surface area (Å²) >= 11 is 0. The van der Waals surface area contributed by atoms with Gasteiger partial charge in [-0.1, -0.05) is 100 Å². The number of aliphatic carboxylic acids is 1. The van der Waals surface area contributed by atoms with Gasteiger partial charge in [-0.3, -0.25) is 28.9 Å². The van der Waals surface area contributed by atoms with Crippen molar-refractivity contribution in [2.75, 3.05) is 41.4 Å². The van der Waals surface area contributed by atoms with Gasteiger partial charge >= 0.3 is 5.97 Å². The van der Waals surface area contributed by atoms with Gasteiger partial charge in [0.15, 0.2) is 0 Å². The molecular weight excluding hydrogens is 715 g/mol. The molecule has 0 aromatic heterocycles. The van der Waals surface area contributed by atoms with E-state index < -0.39 is 41.7 Å². The number of hydrogen-bond acceptors (Lipinski definition) is 8. The first-order chi connectivity index (χ1) is 26.3. The third-order valence-electron chi connectivity index (χ3n) is 12.2. The fourth-order valence-corrected chi connectivity index (χ4v) is 8.25. The standard InChI is InChI=1S/C43H81N5O8/c1-14-16-17-18-19-20-21-25-47(10)37(29(5)6)40(51)46-36(28(3)4)41(52)48(11)38(30(7)15-2)34(55-12)26-35(49)44-24-22-23-33-27-43(33,56-13)31(8)39(50)45-32(9)42(53)54/h28-34,36-38H,14-27H2,1-13H3,(H,44,49)(H,45,50)(H,46,51)(H,53,54)/t30-,31-,32-,33+,34+,36-,37-,38-,43+/m0/s1. The van der Waals surface area contributed by atoms with Gasteiger partial charge in [0, 0.05) is 27.8 Å². The number of carbonyl (C=O) groups excluding carboxylic acids is 4. The lowest BCUT2D eigenvalue weighted by molar-refractivity contribution is -0.144. The molecular formula is C43H81N5O8. The summed E-state index contributed by atoms with van der Waals surface area (Å²) in [4.78, 5) is 69.1. The van der Waals surface area contributed by atoms with Gasteiger partial charge in [-0.15, -0.1) is 0 Å². The van der Waals surface area contributed by atoms with Crippen molar-refractivity contribution in [2.24, 2.45) is 29.6 Å². The highest BCUT2D eigenvalue weighted by atomic mass is 16.5. The van der Waals surface area contributed by atoms with E-state index in [4.69, 9.17) is 14.6 Å². The van der Waals surface area contributed by atoms with Gasteiger partial charge in [0.1, 0.15) is 12.1 Å². The van der Waals surface area contributed by atoms with E-state index in [1.165, 1.54) is 39.0 Å². The topological polar surface area (TPSA) is 167 Å². The van der Waals surface area contributed by atoms with Gasteiger partial charge in [-0.25, -0.2) is 0 Å². The Morgan fingerprint density at radius 1 is 0.821 bits per heavy atom. The van der Waals surface area contributed by atoms with Crippen LogP contribution in [0.15, 0.2) is 0 Å². The number of likely N-dealkylation sites (N-methyl/N-ethyl adjacent to an activating group) is 2. The molecule has 1 aliphatic rings. The van der Waals surface area contributed by atoms with E-state index >= 15 is 0 Å². The Balaban J connectivity index is 2.88. The summed E-state index contributed by atoms with van der Waals surface area (Å²) in [5.74, 6) is -2.48. The predicted octanol–water partition coefficient (Wildman–Crippen LogP) is 5.64. The number of unbranched alkanes of at least 4 members (excludes halogenated alkanes) is 6. The Bertz CT molecular complexity index is 1220. The first kappa shape index (κ1) is 51.2. The van der Waals surface area contributed by atoms with E-state index in [2.05, 4.69) is 34.7 Å². The zero-order valence-electron chi connectivity index (χ0n) is 37.4. The summed E-state index contributed by atoms with van der Waals surface area (Å²) in [5, 5.41) is 17.8. The second-order valence-corrected chi connectivity index (χ2v) is 17.2. The molecule has 326 valence electrons. The zero-order chi connectivity index (χ0) is 42.7. The minimum Gasteiger partial charge on any atom is -0.480 e. The molecule has 1 fully saturated rings. The van der Waals surface area contributed by atoms with Crippen LogP contribution in [0.25, 0.3) is 0 Å². The molecule has 1 aliphatic carbocycles. The molecule has 0 aliphatic heterocycles. The maximum atomic E-state index is 14.3. The SMILES string of the molecule is CCCCCCCCCN(C)[C@H](C(=O)N[C@H](C(=O)N(C)[C@@H]([C@@H](C)CC)[C@@H](CC(=O)NCCC[C@@H]1C[C@@]1(OC)[C@@H](C)C(=O)N[C@@H](C)C(=O)O)OC)C(C)C)C(C)C. The molecule has 0 radical (unpaired) electrons. The zero-order valence-corrected chi connectivity index (χ0v) is 37.4. The molecule has 13 nitrogen and oxygen atoms in total. The number of methoxy groups -OCH3 is 2. The summed E-state index contributed by atoms with van der Waals surface area (Å²) in [5.41, 5.74) is -0.653. The molecule has 13 heteroatoms. The number of rotatable bonds is 30. The van der Waals surface area contributed by atoms with Crippen molar-refractivity contribution in [1.29, 1.82) is 0 Å². The maximum absolute atomic E-state index is 14.3. The summed E-state index contributed by atoms with van der Waals surface area (Å²) in [7, 11) is 6.88. The Hall–Kier alpha value is -2.77.